The van der Waals surface area contributed by atoms with Crippen molar-refractivity contribution < 1.29 is 4.79 Å². The highest BCUT2D eigenvalue weighted by atomic mass is 16.2. The van der Waals surface area contributed by atoms with Crippen molar-refractivity contribution >= 4 is 11.7 Å². The summed E-state index contributed by atoms with van der Waals surface area (Å²) in [4.78, 5) is 15.5. The molecule has 0 radical (unpaired) electrons. The molecule has 0 atom stereocenters. The highest BCUT2D eigenvalue weighted by Crippen LogP contribution is 2.17. The largest absolute Gasteiger partial charge is 0.331 e. The quantitative estimate of drug-likeness (QED) is 0.860. The first-order valence-corrected chi connectivity index (χ1v) is 5.56. The maximum atomic E-state index is 11.7. The van der Waals surface area contributed by atoms with Crippen LogP contribution in [0.4, 0.5) is 10.5 Å². The molecule has 88 valence electrons. The minimum atomic E-state index is -0.209. The van der Waals surface area contributed by atoms with Gasteiger partial charge >= 0.3 is 6.03 Å². The molecule has 0 saturated heterocycles. The molecule has 0 aliphatic carbocycles. The molecular weight excluding hydrogens is 214 g/mol. The minimum Gasteiger partial charge on any atom is -0.307 e. The van der Waals surface area contributed by atoms with E-state index in [1.165, 1.54) is 16.5 Å². The van der Waals surface area contributed by atoms with E-state index in [9.17, 15) is 4.79 Å². The Morgan fingerprint density at radius 1 is 1.29 bits per heavy atom. The number of rotatable bonds is 2. The minimum absolute atomic E-state index is 0.209. The number of nitrogens with zero attached hydrogens (tertiary/aromatic N) is 2. The van der Waals surface area contributed by atoms with E-state index in [0.29, 0.717) is 5.92 Å². The van der Waals surface area contributed by atoms with Crippen LogP contribution in [0.3, 0.4) is 0 Å². The van der Waals surface area contributed by atoms with Crippen LogP contribution in [-0.4, -0.2) is 15.6 Å². The zero-order valence-electron chi connectivity index (χ0n) is 9.92. The predicted octanol–water partition coefficient (Wildman–Crippen LogP) is 3.09. The summed E-state index contributed by atoms with van der Waals surface area (Å²) in [7, 11) is 0. The zero-order chi connectivity index (χ0) is 12.3. The molecule has 0 fully saturated rings. The lowest BCUT2D eigenvalue weighted by molar-refractivity contribution is 0.253. The van der Waals surface area contributed by atoms with Gasteiger partial charge < -0.3 is 5.32 Å². The third-order valence-corrected chi connectivity index (χ3v) is 2.57. The molecule has 1 amide bonds. The molecule has 2 aromatic rings. The van der Waals surface area contributed by atoms with E-state index < -0.39 is 0 Å². The lowest BCUT2D eigenvalue weighted by Gasteiger charge is -2.08. The summed E-state index contributed by atoms with van der Waals surface area (Å²) in [6.45, 7) is 4.28. The van der Waals surface area contributed by atoms with Gasteiger partial charge in [0.15, 0.2) is 0 Å². The highest BCUT2D eigenvalue weighted by molar-refractivity contribution is 5.90. The first kappa shape index (κ1) is 11.4. The van der Waals surface area contributed by atoms with E-state index in [4.69, 9.17) is 0 Å². The predicted molar refractivity (Wildman–Crippen MR) is 67.2 cm³/mol. The number of amides is 1. The Labute approximate surface area is 100 Å². The lowest BCUT2D eigenvalue weighted by atomic mass is 10.0. The summed E-state index contributed by atoms with van der Waals surface area (Å²) in [5.41, 5.74) is 2.04. The Morgan fingerprint density at radius 2 is 2.00 bits per heavy atom. The molecule has 0 spiro atoms. The molecule has 0 unspecified atom stereocenters. The Hall–Kier alpha value is -2.10. The molecule has 17 heavy (non-hydrogen) atoms. The second kappa shape index (κ2) is 4.82. The van der Waals surface area contributed by atoms with E-state index in [-0.39, 0.29) is 6.03 Å². The van der Waals surface area contributed by atoms with Crippen LogP contribution < -0.4 is 5.32 Å². The van der Waals surface area contributed by atoms with Gasteiger partial charge in [-0.2, -0.15) is 0 Å². The van der Waals surface area contributed by atoms with Crippen molar-refractivity contribution in [3.8, 4) is 0 Å². The topological polar surface area (TPSA) is 46.9 Å². The van der Waals surface area contributed by atoms with Crippen molar-refractivity contribution in [2.75, 3.05) is 5.32 Å². The van der Waals surface area contributed by atoms with Crippen LogP contribution >= 0.6 is 0 Å². The third kappa shape index (κ3) is 2.72. The Kier molecular flexibility index (Phi) is 3.23. The van der Waals surface area contributed by atoms with Crippen LogP contribution in [-0.2, 0) is 0 Å². The van der Waals surface area contributed by atoms with Crippen LogP contribution in [0.5, 0.6) is 0 Å². The second-order valence-electron chi connectivity index (χ2n) is 4.18. The fourth-order valence-corrected chi connectivity index (χ4v) is 1.52. The Bertz CT molecular complexity index is 486. The smallest absolute Gasteiger partial charge is 0.307 e. The summed E-state index contributed by atoms with van der Waals surface area (Å²) >= 11 is 0. The molecule has 1 aromatic heterocycles. The molecule has 4 nitrogen and oxygen atoms in total. The van der Waals surface area contributed by atoms with Gasteiger partial charge in [-0.3, -0.25) is 4.57 Å². The first-order chi connectivity index (χ1) is 8.16. The van der Waals surface area contributed by atoms with Crippen molar-refractivity contribution in [3.63, 3.8) is 0 Å². The van der Waals surface area contributed by atoms with Crippen LogP contribution in [0.25, 0.3) is 0 Å². The van der Waals surface area contributed by atoms with E-state index in [1.54, 1.807) is 12.4 Å². The highest BCUT2D eigenvalue weighted by Gasteiger charge is 2.04. The second-order valence-corrected chi connectivity index (χ2v) is 4.18. The van der Waals surface area contributed by atoms with Gasteiger partial charge in [0.1, 0.15) is 6.33 Å². The standard InChI is InChI=1S/C13H15N3O/c1-10(2)11-3-5-12(6-4-11)15-13(17)16-8-7-14-9-16/h3-10H,1-2H3,(H,15,17). The number of imidazole rings is 1. The van der Waals surface area contributed by atoms with Crippen LogP contribution in [0.15, 0.2) is 43.0 Å². The van der Waals surface area contributed by atoms with Gasteiger partial charge in [-0.1, -0.05) is 26.0 Å². The summed E-state index contributed by atoms with van der Waals surface area (Å²) in [6.07, 6.45) is 4.65. The average Bonchev–Trinajstić information content (AvgIpc) is 2.83. The summed E-state index contributed by atoms with van der Waals surface area (Å²) in [6, 6.07) is 7.65. The number of nitrogens with one attached hydrogen (secondary N) is 1. The Morgan fingerprint density at radius 3 is 2.53 bits per heavy atom. The van der Waals surface area contributed by atoms with Crippen LogP contribution in [0.2, 0.25) is 0 Å². The molecule has 0 aliphatic heterocycles. The number of anilines is 1. The van der Waals surface area contributed by atoms with E-state index >= 15 is 0 Å². The number of carbonyl (C=O) groups excluding carboxylic acids is 1. The van der Waals surface area contributed by atoms with Crippen molar-refractivity contribution in [2.45, 2.75) is 19.8 Å². The number of hydrogen-bond donors (Lipinski definition) is 1. The molecule has 0 saturated carbocycles. The van der Waals surface area contributed by atoms with Crippen molar-refractivity contribution in [2.24, 2.45) is 0 Å². The lowest BCUT2D eigenvalue weighted by Crippen LogP contribution is -2.17. The molecule has 1 N–H and O–H groups in total. The summed E-state index contributed by atoms with van der Waals surface area (Å²) in [5, 5.41) is 2.79. The number of aromatic nitrogens is 2. The molecular formula is C13H15N3O. The number of benzene rings is 1. The summed E-state index contributed by atoms with van der Waals surface area (Å²) < 4.78 is 1.40. The Balaban J connectivity index is 2.07. The van der Waals surface area contributed by atoms with Gasteiger partial charge in [0, 0.05) is 18.1 Å². The van der Waals surface area contributed by atoms with Gasteiger partial charge in [0.2, 0.25) is 0 Å². The van der Waals surface area contributed by atoms with Gasteiger partial charge in [0.25, 0.3) is 0 Å². The van der Waals surface area contributed by atoms with E-state index in [2.05, 4.69) is 24.1 Å². The molecule has 1 heterocycles. The third-order valence-electron chi connectivity index (χ3n) is 2.57. The number of hydrogen-bond acceptors (Lipinski definition) is 2. The summed E-state index contributed by atoms with van der Waals surface area (Å²) in [5.74, 6) is 0.494. The van der Waals surface area contributed by atoms with Gasteiger partial charge in [-0.25, -0.2) is 9.78 Å². The molecule has 0 aliphatic rings. The van der Waals surface area contributed by atoms with Gasteiger partial charge in [0.05, 0.1) is 0 Å². The van der Waals surface area contributed by atoms with E-state index in [0.717, 1.165) is 5.69 Å². The molecule has 0 bridgehead atoms. The van der Waals surface area contributed by atoms with Crippen molar-refractivity contribution in [3.05, 3.63) is 48.5 Å². The average molecular weight is 229 g/mol. The SMILES string of the molecule is CC(C)c1ccc(NC(=O)n2ccnc2)cc1. The molecule has 4 heteroatoms. The monoisotopic (exact) mass is 229 g/mol. The fraction of sp³-hybridized carbons (Fsp3) is 0.231. The van der Waals surface area contributed by atoms with Gasteiger partial charge in [-0.05, 0) is 23.6 Å². The number of carbonyl (C=O) groups is 1. The maximum absolute atomic E-state index is 11.7. The van der Waals surface area contributed by atoms with Crippen molar-refractivity contribution in [1.29, 1.82) is 0 Å². The first-order valence-electron chi connectivity index (χ1n) is 5.56. The normalized spacial score (nSPS) is 10.5. The molecule has 2 rings (SSSR count). The zero-order valence-corrected chi connectivity index (χ0v) is 9.92. The maximum Gasteiger partial charge on any atom is 0.331 e. The van der Waals surface area contributed by atoms with Gasteiger partial charge in [-0.15, -0.1) is 0 Å². The fourth-order valence-electron chi connectivity index (χ4n) is 1.52. The van der Waals surface area contributed by atoms with Crippen LogP contribution in [0.1, 0.15) is 25.3 Å². The van der Waals surface area contributed by atoms with Crippen LogP contribution in [0, 0.1) is 0 Å². The molecule has 1 aromatic carbocycles. The van der Waals surface area contributed by atoms with E-state index in [1.807, 2.05) is 24.3 Å². The van der Waals surface area contributed by atoms with Crippen molar-refractivity contribution in [1.82, 2.24) is 9.55 Å².